The van der Waals surface area contributed by atoms with Crippen molar-refractivity contribution >= 4 is 0 Å². The van der Waals surface area contributed by atoms with Crippen LogP contribution in [0, 0.1) is 0 Å². The minimum Gasteiger partial charge on any atom is -0.487 e. The Morgan fingerprint density at radius 2 is 1.87 bits per heavy atom. The molecule has 0 bridgehead atoms. The van der Waals surface area contributed by atoms with Crippen LogP contribution in [-0.4, -0.2) is 11.2 Å². The van der Waals surface area contributed by atoms with E-state index in [1.165, 1.54) is 0 Å². The highest BCUT2D eigenvalue weighted by Gasteiger charge is 2.02. The third-order valence-corrected chi connectivity index (χ3v) is 2.10. The fourth-order valence-corrected chi connectivity index (χ4v) is 1.44. The zero-order valence-electron chi connectivity index (χ0n) is 8.47. The lowest BCUT2D eigenvalue weighted by atomic mass is 10.3. The molecule has 0 spiro atoms. The molecule has 0 saturated heterocycles. The van der Waals surface area contributed by atoms with Gasteiger partial charge in [-0.1, -0.05) is 24.8 Å². The number of hydrogen-bond donors (Lipinski definition) is 0. The van der Waals surface area contributed by atoms with Crippen LogP contribution in [0.25, 0.3) is 5.69 Å². The zero-order valence-corrected chi connectivity index (χ0v) is 8.47. The fourth-order valence-electron chi connectivity index (χ4n) is 1.44. The lowest BCUT2D eigenvalue weighted by Crippen LogP contribution is -1.98. The normalized spacial score (nSPS) is 9.87. The number of para-hydroxylation sites is 2. The summed E-state index contributed by atoms with van der Waals surface area (Å²) >= 11 is 0. The Balaban J connectivity index is 2.34. The van der Waals surface area contributed by atoms with E-state index in [2.05, 4.69) is 6.58 Å². The predicted molar refractivity (Wildman–Crippen MR) is 61.5 cm³/mol. The van der Waals surface area contributed by atoms with E-state index < -0.39 is 0 Å². The van der Waals surface area contributed by atoms with Crippen molar-refractivity contribution in [2.24, 2.45) is 0 Å². The summed E-state index contributed by atoms with van der Waals surface area (Å²) in [6.45, 7) is 4.16. The second kappa shape index (κ2) is 4.51. The van der Waals surface area contributed by atoms with Crippen molar-refractivity contribution in [3.05, 3.63) is 61.4 Å². The van der Waals surface area contributed by atoms with Crippen molar-refractivity contribution in [3.8, 4) is 11.4 Å². The smallest absolute Gasteiger partial charge is 0.143 e. The highest BCUT2D eigenvalue weighted by Crippen LogP contribution is 2.22. The molecule has 0 N–H and O–H groups in total. The van der Waals surface area contributed by atoms with Crippen molar-refractivity contribution in [2.75, 3.05) is 6.61 Å². The summed E-state index contributed by atoms with van der Waals surface area (Å²) in [6.07, 6.45) is 5.73. The Morgan fingerprint density at radius 3 is 2.60 bits per heavy atom. The second-order valence-electron chi connectivity index (χ2n) is 3.16. The molecular formula is C13H13NO. The van der Waals surface area contributed by atoms with Gasteiger partial charge in [0.15, 0.2) is 0 Å². The monoisotopic (exact) mass is 199 g/mol. The van der Waals surface area contributed by atoms with E-state index >= 15 is 0 Å². The highest BCUT2D eigenvalue weighted by molar-refractivity contribution is 5.46. The van der Waals surface area contributed by atoms with Gasteiger partial charge in [-0.15, -0.1) is 0 Å². The van der Waals surface area contributed by atoms with Gasteiger partial charge in [-0.05, 0) is 24.3 Å². The predicted octanol–water partition coefficient (Wildman–Crippen LogP) is 3.04. The number of benzene rings is 1. The van der Waals surface area contributed by atoms with Crippen molar-refractivity contribution in [3.63, 3.8) is 0 Å². The molecule has 0 atom stereocenters. The summed E-state index contributed by atoms with van der Waals surface area (Å²) < 4.78 is 7.60. The molecule has 0 saturated carbocycles. The Morgan fingerprint density at radius 1 is 1.13 bits per heavy atom. The van der Waals surface area contributed by atoms with E-state index in [0.29, 0.717) is 6.61 Å². The summed E-state index contributed by atoms with van der Waals surface area (Å²) in [7, 11) is 0. The first-order valence-corrected chi connectivity index (χ1v) is 4.88. The summed E-state index contributed by atoms with van der Waals surface area (Å²) in [5.41, 5.74) is 1.05. The van der Waals surface area contributed by atoms with Gasteiger partial charge in [-0.2, -0.15) is 0 Å². The molecule has 0 aliphatic carbocycles. The Bertz CT molecular complexity index is 432. The molecule has 1 aromatic heterocycles. The second-order valence-corrected chi connectivity index (χ2v) is 3.16. The maximum Gasteiger partial charge on any atom is 0.143 e. The Labute approximate surface area is 89.4 Å². The third-order valence-electron chi connectivity index (χ3n) is 2.10. The van der Waals surface area contributed by atoms with Crippen LogP contribution in [0.5, 0.6) is 5.75 Å². The highest BCUT2D eigenvalue weighted by atomic mass is 16.5. The van der Waals surface area contributed by atoms with E-state index in [4.69, 9.17) is 4.74 Å². The summed E-state index contributed by atoms with van der Waals surface area (Å²) in [5.74, 6) is 0.869. The van der Waals surface area contributed by atoms with E-state index in [1.54, 1.807) is 6.08 Å². The third kappa shape index (κ3) is 2.10. The van der Waals surface area contributed by atoms with Crippen LogP contribution in [0.1, 0.15) is 0 Å². The average molecular weight is 199 g/mol. The van der Waals surface area contributed by atoms with Crippen molar-refractivity contribution < 1.29 is 4.74 Å². The molecule has 0 radical (unpaired) electrons. The Hall–Kier alpha value is -1.96. The molecule has 2 nitrogen and oxygen atoms in total. The first-order valence-electron chi connectivity index (χ1n) is 4.88. The molecule has 2 heteroatoms. The molecular weight excluding hydrogens is 186 g/mol. The first-order chi connectivity index (χ1) is 7.42. The molecule has 0 fully saturated rings. The van der Waals surface area contributed by atoms with Gasteiger partial charge in [0.25, 0.3) is 0 Å². The lowest BCUT2D eigenvalue weighted by Gasteiger charge is -2.10. The lowest BCUT2D eigenvalue weighted by molar-refractivity contribution is 0.362. The SMILES string of the molecule is C=CCOc1ccccc1-n1cccc1. The van der Waals surface area contributed by atoms with Crippen LogP contribution in [0.15, 0.2) is 61.4 Å². The maximum absolute atomic E-state index is 5.57. The van der Waals surface area contributed by atoms with Crippen molar-refractivity contribution in [2.45, 2.75) is 0 Å². The number of aromatic nitrogens is 1. The molecule has 1 aromatic carbocycles. The summed E-state index contributed by atoms with van der Waals surface area (Å²) in [6, 6.07) is 11.9. The van der Waals surface area contributed by atoms with Gasteiger partial charge < -0.3 is 9.30 Å². The topological polar surface area (TPSA) is 14.2 Å². The minimum atomic E-state index is 0.526. The van der Waals surface area contributed by atoms with Crippen LogP contribution in [0.4, 0.5) is 0 Å². The van der Waals surface area contributed by atoms with E-state index in [0.717, 1.165) is 11.4 Å². The van der Waals surface area contributed by atoms with E-state index in [-0.39, 0.29) is 0 Å². The Kier molecular flexibility index (Phi) is 2.88. The number of ether oxygens (including phenoxy) is 1. The van der Waals surface area contributed by atoms with Crippen LogP contribution in [-0.2, 0) is 0 Å². The first kappa shape index (κ1) is 9.59. The molecule has 2 aromatic rings. The molecule has 0 aliphatic rings. The van der Waals surface area contributed by atoms with Crippen molar-refractivity contribution in [1.82, 2.24) is 4.57 Å². The molecule has 0 unspecified atom stereocenters. The van der Waals surface area contributed by atoms with Crippen LogP contribution in [0.3, 0.4) is 0 Å². The van der Waals surface area contributed by atoms with E-state index in [1.807, 2.05) is 53.4 Å². The number of rotatable bonds is 4. The maximum atomic E-state index is 5.57. The van der Waals surface area contributed by atoms with Crippen LogP contribution >= 0.6 is 0 Å². The van der Waals surface area contributed by atoms with Gasteiger partial charge in [0, 0.05) is 12.4 Å². The molecule has 76 valence electrons. The molecule has 15 heavy (non-hydrogen) atoms. The molecule has 2 rings (SSSR count). The zero-order chi connectivity index (χ0) is 10.5. The molecule has 1 heterocycles. The minimum absolute atomic E-state index is 0.526. The van der Waals surface area contributed by atoms with Crippen LogP contribution in [0.2, 0.25) is 0 Å². The quantitative estimate of drug-likeness (QED) is 0.690. The fraction of sp³-hybridized carbons (Fsp3) is 0.0769. The molecule has 0 amide bonds. The van der Waals surface area contributed by atoms with Gasteiger partial charge in [0.1, 0.15) is 12.4 Å². The van der Waals surface area contributed by atoms with Crippen LogP contribution < -0.4 is 4.74 Å². The van der Waals surface area contributed by atoms with E-state index in [9.17, 15) is 0 Å². The summed E-state index contributed by atoms with van der Waals surface area (Å²) in [5, 5.41) is 0. The number of nitrogens with zero attached hydrogens (tertiary/aromatic N) is 1. The van der Waals surface area contributed by atoms with Gasteiger partial charge in [-0.3, -0.25) is 0 Å². The van der Waals surface area contributed by atoms with Gasteiger partial charge in [0.05, 0.1) is 5.69 Å². The number of hydrogen-bond acceptors (Lipinski definition) is 1. The summed E-state index contributed by atoms with van der Waals surface area (Å²) in [4.78, 5) is 0. The largest absolute Gasteiger partial charge is 0.487 e. The van der Waals surface area contributed by atoms with Gasteiger partial charge >= 0.3 is 0 Å². The van der Waals surface area contributed by atoms with Gasteiger partial charge in [-0.25, -0.2) is 0 Å². The molecule has 0 aliphatic heterocycles. The standard InChI is InChI=1S/C13H13NO/c1-2-11-15-13-8-4-3-7-12(13)14-9-5-6-10-14/h2-10H,1,11H2. The van der Waals surface area contributed by atoms with Gasteiger partial charge in [0.2, 0.25) is 0 Å². The average Bonchev–Trinajstić information content (AvgIpc) is 2.80. The van der Waals surface area contributed by atoms with Crippen molar-refractivity contribution in [1.29, 1.82) is 0 Å².